The van der Waals surface area contributed by atoms with Crippen LogP contribution < -0.4 is 10.2 Å². The van der Waals surface area contributed by atoms with Crippen LogP contribution in [0.3, 0.4) is 0 Å². The number of rotatable bonds is 4. The van der Waals surface area contributed by atoms with E-state index in [2.05, 4.69) is 43.3 Å². The lowest BCUT2D eigenvalue weighted by Crippen LogP contribution is -2.46. The van der Waals surface area contributed by atoms with Gasteiger partial charge in [0, 0.05) is 26.2 Å². The highest BCUT2D eigenvalue weighted by Crippen LogP contribution is 2.29. The predicted octanol–water partition coefficient (Wildman–Crippen LogP) is 3.03. The van der Waals surface area contributed by atoms with E-state index in [0.717, 1.165) is 55.4 Å². The molecule has 1 N–H and O–H groups in total. The highest BCUT2D eigenvalue weighted by Gasteiger charge is 2.18. The van der Waals surface area contributed by atoms with Gasteiger partial charge in [-0.15, -0.1) is 5.10 Å². The Morgan fingerprint density at radius 1 is 1.17 bits per heavy atom. The number of hydrogen-bond donors (Lipinski definition) is 1. The normalized spacial score (nSPS) is 15.6. The first-order valence-corrected chi connectivity index (χ1v) is 8.65. The van der Waals surface area contributed by atoms with Crippen molar-refractivity contribution in [2.45, 2.75) is 20.8 Å². The fraction of sp³-hybridized carbons (Fsp3) is 0.471. The molecule has 24 heavy (non-hydrogen) atoms. The third-order valence-electron chi connectivity index (χ3n) is 4.36. The van der Waals surface area contributed by atoms with Crippen LogP contribution in [0.2, 0.25) is 5.02 Å². The molecule has 0 atom stereocenters. The number of nitrogens with one attached hydrogen (secondary N) is 1. The number of aromatic nitrogens is 3. The molecule has 2 aromatic rings. The molecule has 0 saturated carbocycles. The first kappa shape index (κ1) is 16.9. The van der Waals surface area contributed by atoms with Crippen molar-refractivity contribution in [1.82, 2.24) is 20.1 Å². The van der Waals surface area contributed by atoms with Gasteiger partial charge < -0.3 is 15.1 Å². The van der Waals surface area contributed by atoms with E-state index in [4.69, 9.17) is 11.6 Å². The Labute approximate surface area is 147 Å². The summed E-state index contributed by atoms with van der Waals surface area (Å²) < 4.78 is 0. The van der Waals surface area contributed by atoms with Crippen LogP contribution in [-0.2, 0) is 0 Å². The Morgan fingerprint density at radius 3 is 2.58 bits per heavy atom. The molecule has 1 aliphatic rings. The average Bonchev–Trinajstić information content (AvgIpc) is 2.58. The van der Waals surface area contributed by atoms with Gasteiger partial charge in [-0.2, -0.15) is 10.1 Å². The van der Waals surface area contributed by atoms with Crippen molar-refractivity contribution >= 4 is 29.1 Å². The molecule has 0 radical (unpaired) electrons. The number of halogens is 1. The van der Waals surface area contributed by atoms with Gasteiger partial charge >= 0.3 is 0 Å². The molecule has 0 spiro atoms. The summed E-state index contributed by atoms with van der Waals surface area (Å²) in [6.07, 6.45) is 1.72. The minimum Gasteiger partial charge on any atom is -0.353 e. The second-order valence-corrected chi connectivity index (χ2v) is 6.53. The van der Waals surface area contributed by atoms with Gasteiger partial charge in [0.25, 0.3) is 0 Å². The Hall–Kier alpha value is -1.92. The summed E-state index contributed by atoms with van der Waals surface area (Å²) in [5.74, 6) is 1.32. The zero-order valence-electron chi connectivity index (χ0n) is 14.4. The lowest BCUT2D eigenvalue weighted by molar-refractivity contribution is 0.270. The van der Waals surface area contributed by atoms with E-state index < -0.39 is 0 Å². The van der Waals surface area contributed by atoms with Gasteiger partial charge in [-0.05, 0) is 37.6 Å². The Morgan fingerprint density at radius 2 is 1.92 bits per heavy atom. The van der Waals surface area contributed by atoms with Crippen LogP contribution in [0, 0.1) is 13.8 Å². The van der Waals surface area contributed by atoms with Crippen LogP contribution in [0.15, 0.2) is 18.3 Å². The maximum absolute atomic E-state index is 6.35. The van der Waals surface area contributed by atoms with Crippen molar-refractivity contribution in [3.63, 3.8) is 0 Å². The minimum absolute atomic E-state index is 0.472. The molecule has 0 unspecified atom stereocenters. The van der Waals surface area contributed by atoms with Gasteiger partial charge in [0.05, 0.1) is 16.9 Å². The number of anilines is 3. The Balaban J connectivity index is 1.77. The van der Waals surface area contributed by atoms with E-state index in [9.17, 15) is 0 Å². The molecule has 0 aliphatic carbocycles. The molecule has 0 amide bonds. The molecular weight excluding hydrogens is 324 g/mol. The van der Waals surface area contributed by atoms with E-state index in [-0.39, 0.29) is 0 Å². The first-order valence-electron chi connectivity index (χ1n) is 8.27. The zero-order chi connectivity index (χ0) is 17.1. The van der Waals surface area contributed by atoms with Crippen LogP contribution in [0.25, 0.3) is 0 Å². The summed E-state index contributed by atoms with van der Waals surface area (Å²) in [6.45, 7) is 11.3. The smallest absolute Gasteiger partial charge is 0.249 e. The molecule has 1 saturated heterocycles. The van der Waals surface area contributed by atoms with Crippen molar-refractivity contribution in [2.75, 3.05) is 42.9 Å². The molecular formula is C17H23ClN6. The number of aryl methyl sites for hydroxylation is 2. The second kappa shape index (κ2) is 7.32. The third-order valence-corrected chi connectivity index (χ3v) is 4.66. The fourth-order valence-electron chi connectivity index (χ4n) is 2.98. The van der Waals surface area contributed by atoms with Gasteiger partial charge in [0.15, 0.2) is 5.82 Å². The van der Waals surface area contributed by atoms with Crippen LogP contribution >= 0.6 is 11.6 Å². The summed E-state index contributed by atoms with van der Waals surface area (Å²) in [5.41, 5.74) is 3.02. The number of nitrogens with zero attached hydrogens (tertiary/aromatic N) is 5. The number of piperazine rings is 1. The van der Waals surface area contributed by atoms with Gasteiger partial charge in [-0.25, -0.2) is 0 Å². The Kier molecular flexibility index (Phi) is 5.16. The maximum atomic E-state index is 6.35. The quantitative estimate of drug-likeness (QED) is 0.918. The molecule has 128 valence electrons. The summed E-state index contributed by atoms with van der Waals surface area (Å²) in [4.78, 5) is 9.29. The molecule has 1 aromatic heterocycles. The van der Waals surface area contributed by atoms with Crippen LogP contribution in [0.5, 0.6) is 0 Å². The van der Waals surface area contributed by atoms with E-state index >= 15 is 0 Å². The maximum Gasteiger partial charge on any atom is 0.249 e. The average molecular weight is 347 g/mol. The number of benzene rings is 1. The Bertz CT molecular complexity index is 689. The van der Waals surface area contributed by atoms with Crippen LogP contribution in [0.4, 0.5) is 17.5 Å². The van der Waals surface area contributed by atoms with Gasteiger partial charge in [-0.3, -0.25) is 0 Å². The monoisotopic (exact) mass is 346 g/mol. The zero-order valence-corrected chi connectivity index (χ0v) is 15.1. The summed E-state index contributed by atoms with van der Waals surface area (Å²) in [6, 6.07) is 4.01. The van der Waals surface area contributed by atoms with Gasteiger partial charge in [0.1, 0.15) is 0 Å². The molecule has 1 aromatic carbocycles. The largest absolute Gasteiger partial charge is 0.353 e. The van der Waals surface area contributed by atoms with Crippen molar-refractivity contribution in [3.05, 3.63) is 34.5 Å². The molecule has 3 rings (SSSR count). The highest BCUT2D eigenvalue weighted by atomic mass is 35.5. The predicted molar refractivity (Wildman–Crippen MR) is 98.4 cm³/mol. The van der Waals surface area contributed by atoms with E-state index in [1.807, 2.05) is 19.9 Å². The topological polar surface area (TPSA) is 57.2 Å². The lowest BCUT2D eigenvalue weighted by Gasteiger charge is -2.34. The lowest BCUT2D eigenvalue weighted by atomic mass is 10.1. The van der Waals surface area contributed by atoms with Crippen molar-refractivity contribution in [1.29, 1.82) is 0 Å². The second-order valence-electron chi connectivity index (χ2n) is 6.12. The summed E-state index contributed by atoms with van der Waals surface area (Å²) in [5, 5.41) is 12.1. The van der Waals surface area contributed by atoms with Crippen molar-refractivity contribution in [2.24, 2.45) is 0 Å². The minimum atomic E-state index is 0.472. The SMILES string of the molecule is CCN1CCN(c2cnnc(Nc3c(C)cc(C)cc3Cl)n2)CC1. The van der Waals surface area contributed by atoms with Gasteiger partial charge in [-0.1, -0.05) is 24.6 Å². The molecule has 2 heterocycles. The van der Waals surface area contributed by atoms with E-state index in [0.29, 0.717) is 11.0 Å². The van der Waals surface area contributed by atoms with E-state index in [1.54, 1.807) is 6.20 Å². The molecule has 1 aliphatic heterocycles. The van der Waals surface area contributed by atoms with Gasteiger partial charge in [0.2, 0.25) is 5.95 Å². The number of likely N-dealkylation sites (N-methyl/N-ethyl adjacent to an activating group) is 1. The first-order chi connectivity index (χ1) is 11.6. The fourth-order valence-corrected chi connectivity index (χ4v) is 3.35. The summed E-state index contributed by atoms with van der Waals surface area (Å²) in [7, 11) is 0. The molecule has 6 nitrogen and oxygen atoms in total. The highest BCUT2D eigenvalue weighted by molar-refractivity contribution is 6.33. The van der Waals surface area contributed by atoms with Crippen LogP contribution in [0.1, 0.15) is 18.1 Å². The standard InChI is InChI=1S/C17H23ClN6/c1-4-23-5-7-24(8-6-23)15-11-19-22-17(20-15)21-16-13(3)9-12(2)10-14(16)18/h9-11H,4-8H2,1-3H3,(H,20,21,22). The van der Waals surface area contributed by atoms with E-state index in [1.165, 1.54) is 0 Å². The number of hydrogen-bond acceptors (Lipinski definition) is 6. The van der Waals surface area contributed by atoms with Crippen LogP contribution in [-0.4, -0.2) is 52.8 Å². The third kappa shape index (κ3) is 3.76. The molecule has 0 bridgehead atoms. The van der Waals surface area contributed by atoms with Crippen molar-refractivity contribution in [3.8, 4) is 0 Å². The molecule has 1 fully saturated rings. The molecule has 7 heteroatoms. The summed E-state index contributed by atoms with van der Waals surface area (Å²) >= 11 is 6.35. The van der Waals surface area contributed by atoms with Crippen molar-refractivity contribution < 1.29 is 0 Å².